The quantitative estimate of drug-likeness (QED) is 0.932. The maximum atomic E-state index is 11.7. The highest BCUT2D eigenvalue weighted by molar-refractivity contribution is 7.19. The Morgan fingerprint density at radius 3 is 2.76 bits per heavy atom. The zero-order chi connectivity index (χ0) is 11.4. The molecule has 1 saturated heterocycles. The fourth-order valence-corrected chi connectivity index (χ4v) is 2.62. The lowest BCUT2D eigenvalue weighted by molar-refractivity contribution is -0.117. The lowest BCUT2D eigenvalue weighted by atomic mass is 10.1. The van der Waals surface area contributed by atoms with E-state index >= 15 is 0 Å². The highest BCUT2D eigenvalue weighted by Gasteiger charge is 2.14. The number of aromatic nitrogens is 1. The molecule has 1 aromatic rings. The van der Waals surface area contributed by atoms with Gasteiger partial charge in [0.2, 0.25) is 5.91 Å². The van der Waals surface area contributed by atoms with Crippen molar-refractivity contribution in [3.63, 3.8) is 0 Å². The van der Waals surface area contributed by atoms with Crippen molar-refractivity contribution in [2.24, 2.45) is 0 Å². The molecule has 2 heterocycles. The summed E-state index contributed by atoms with van der Waals surface area (Å²) in [4.78, 5) is 17.8. The first kappa shape index (κ1) is 14.7. The Bertz CT molecular complexity index is 366. The van der Waals surface area contributed by atoms with Crippen LogP contribution in [0.15, 0.2) is 6.20 Å². The number of carbonyl (C=O) groups excluding carboxylic acids is 1. The summed E-state index contributed by atoms with van der Waals surface area (Å²) in [6.45, 7) is 2.50. The van der Waals surface area contributed by atoms with Crippen LogP contribution in [0.2, 0.25) is 4.34 Å². The summed E-state index contributed by atoms with van der Waals surface area (Å²) in [6.07, 6.45) is 5.20. The van der Waals surface area contributed by atoms with E-state index in [0.29, 0.717) is 16.0 Å². The van der Waals surface area contributed by atoms with Crippen molar-refractivity contribution in [3.05, 3.63) is 10.5 Å². The number of likely N-dealkylation sites (tertiary alicyclic amines) is 1. The molecule has 0 bridgehead atoms. The second kappa shape index (κ2) is 7.16. The summed E-state index contributed by atoms with van der Waals surface area (Å²) in [5, 5.41) is 3.33. The number of hydrogen-bond donors (Lipinski definition) is 1. The number of hydrogen-bond acceptors (Lipinski definition) is 4. The molecule has 1 aliphatic rings. The molecule has 1 fully saturated rings. The first-order chi connectivity index (χ1) is 7.74. The molecule has 7 heteroatoms. The zero-order valence-corrected chi connectivity index (χ0v) is 11.7. The predicted octanol–water partition coefficient (Wildman–Crippen LogP) is 2.64. The van der Waals surface area contributed by atoms with Crippen LogP contribution >= 0.6 is 35.3 Å². The van der Waals surface area contributed by atoms with Crippen LogP contribution < -0.4 is 5.32 Å². The SMILES string of the molecule is Cl.O=C(CN1CCCCC1)Nc1ncc(Cl)s1. The predicted molar refractivity (Wildman–Crippen MR) is 73.3 cm³/mol. The van der Waals surface area contributed by atoms with Gasteiger partial charge in [0.25, 0.3) is 0 Å². The summed E-state index contributed by atoms with van der Waals surface area (Å²) < 4.78 is 0.591. The number of rotatable bonds is 3. The summed E-state index contributed by atoms with van der Waals surface area (Å²) in [7, 11) is 0. The van der Waals surface area contributed by atoms with Gasteiger partial charge in [0, 0.05) is 0 Å². The summed E-state index contributed by atoms with van der Waals surface area (Å²) in [6, 6.07) is 0. The maximum absolute atomic E-state index is 11.7. The van der Waals surface area contributed by atoms with E-state index < -0.39 is 0 Å². The van der Waals surface area contributed by atoms with Crippen molar-refractivity contribution in [3.8, 4) is 0 Å². The van der Waals surface area contributed by atoms with Gasteiger partial charge in [0.1, 0.15) is 4.34 Å². The van der Waals surface area contributed by atoms with E-state index in [4.69, 9.17) is 11.6 Å². The minimum Gasteiger partial charge on any atom is -0.301 e. The van der Waals surface area contributed by atoms with Gasteiger partial charge >= 0.3 is 0 Å². The average molecular weight is 296 g/mol. The third-order valence-electron chi connectivity index (χ3n) is 2.54. The van der Waals surface area contributed by atoms with Crippen LogP contribution in [0.1, 0.15) is 19.3 Å². The molecule has 0 saturated carbocycles. The van der Waals surface area contributed by atoms with E-state index in [1.165, 1.54) is 30.6 Å². The number of piperidine rings is 1. The van der Waals surface area contributed by atoms with E-state index in [9.17, 15) is 4.79 Å². The first-order valence-electron chi connectivity index (χ1n) is 5.37. The maximum Gasteiger partial charge on any atom is 0.240 e. The number of carbonyl (C=O) groups is 1. The summed E-state index contributed by atoms with van der Waals surface area (Å²) in [5.74, 6) is -0.00656. The van der Waals surface area contributed by atoms with Crippen molar-refractivity contribution in [2.45, 2.75) is 19.3 Å². The van der Waals surface area contributed by atoms with Crippen LogP contribution in [0.4, 0.5) is 5.13 Å². The van der Waals surface area contributed by atoms with Gasteiger partial charge in [-0.1, -0.05) is 29.4 Å². The van der Waals surface area contributed by atoms with E-state index in [1.54, 1.807) is 6.20 Å². The molecule has 0 aliphatic carbocycles. The van der Waals surface area contributed by atoms with E-state index in [1.807, 2.05) is 0 Å². The van der Waals surface area contributed by atoms with E-state index in [0.717, 1.165) is 13.1 Å². The van der Waals surface area contributed by atoms with Gasteiger partial charge in [0.15, 0.2) is 5.13 Å². The lowest BCUT2D eigenvalue weighted by Crippen LogP contribution is -2.36. The van der Waals surface area contributed by atoms with Crippen LogP contribution in [0.5, 0.6) is 0 Å². The van der Waals surface area contributed by atoms with Gasteiger partial charge in [-0.3, -0.25) is 9.69 Å². The molecule has 2 rings (SSSR count). The number of halogens is 2. The Morgan fingerprint density at radius 2 is 2.18 bits per heavy atom. The Kier molecular flexibility index (Phi) is 6.19. The third kappa shape index (κ3) is 4.79. The van der Waals surface area contributed by atoms with E-state index in [-0.39, 0.29) is 18.3 Å². The zero-order valence-electron chi connectivity index (χ0n) is 9.32. The van der Waals surface area contributed by atoms with Crippen LogP contribution in [0.3, 0.4) is 0 Å². The number of amides is 1. The number of thiazole rings is 1. The molecular weight excluding hydrogens is 281 g/mol. The van der Waals surface area contributed by atoms with Crippen LogP contribution in [0.25, 0.3) is 0 Å². The first-order valence-corrected chi connectivity index (χ1v) is 6.57. The molecule has 1 aromatic heterocycles. The second-order valence-corrected chi connectivity index (χ2v) is 5.52. The fraction of sp³-hybridized carbons (Fsp3) is 0.600. The van der Waals surface area contributed by atoms with Crippen LogP contribution in [0, 0.1) is 0 Å². The fourth-order valence-electron chi connectivity index (χ4n) is 1.79. The number of nitrogens with zero attached hydrogens (tertiary/aromatic N) is 2. The number of nitrogens with one attached hydrogen (secondary N) is 1. The molecule has 1 aliphatic heterocycles. The molecule has 1 amide bonds. The van der Waals surface area contributed by atoms with Crippen molar-refractivity contribution in [2.75, 3.05) is 25.0 Å². The Balaban J connectivity index is 0.00000144. The Morgan fingerprint density at radius 1 is 1.47 bits per heavy atom. The molecule has 4 nitrogen and oxygen atoms in total. The topological polar surface area (TPSA) is 45.2 Å². The van der Waals surface area contributed by atoms with Crippen LogP contribution in [-0.2, 0) is 4.79 Å². The van der Waals surface area contributed by atoms with Crippen LogP contribution in [-0.4, -0.2) is 35.4 Å². The normalized spacial score (nSPS) is 16.3. The number of anilines is 1. The third-order valence-corrected chi connectivity index (χ3v) is 3.57. The van der Waals surface area contributed by atoms with Crippen molar-refractivity contribution in [1.29, 1.82) is 0 Å². The van der Waals surface area contributed by atoms with Gasteiger partial charge in [-0.05, 0) is 25.9 Å². The highest BCUT2D eigenvalue weighted by atomic mass is 35.5. The van der Waals surface area contributed by atoms with Gasteiger partial charge in [-0.2, -0.15) is 0 Å². The Hall–Kier alpha value is -0.360. The average Bonchev–Trinajstić information content (AvgIpc) is 2.65. The van der Waals surface area contributed by atoms with Gasteiger partial charge in [0.05, 0.1) is 12.7 Å². The lowest BCUT2D eigenvalue weighted by Gasteiger charge is -2.25. The minimum atomic E-state index is -0.00656. The molecule has 96 valence electrons. The van der Waals surface area contributed by atoms with Crippen molar-refractivity contribution < 1.29 is 4.79 Å². The highest BCUT2D eigenvalue weighted by Crippen LogP contribution is 2.22. The van der Waals surface area contributed by atoms with Gasteiger partial charge in [-0.15, -0.1) is 12.4 Å². The van der Waals surface area contributed by atoms with E-state index in [2.05, 4.69) is 15.2 Å². The molecular formula is C10H15Cl2N3OS. The summed E-state index contributed by atoms with van der Waals surface area (Å²) >= 11 is 7.01. The minimum absolute atomic E-state index is 0. The molecule has 0 radical (unpaired) electrons. The molecule has 0 spiro atoms. The van der Waals surface area contributed by atoms with Crippen molar-refractivity contribution in [1.82, 2.24) is 9.88 Å². The van der Waals surface area contributed by atoms with Gasteiger partial charge in [-0.25, -0.2) is 4.98 Å². The molecule has 0 aromatic carbocycles. The monoisotopic (exact) mass is 295 g/mol. The molecule has 0 unspecified atom stereocenters. The second-order valence-electron chi connectivity index (χ2n) is 3.85. The largest absolute Gasteiger partial charge is 0.301 e. The van der Waals surface area contributed by atoms with Gasteiger partial charge < -0.3 is 5.32 Å². The Labute approximate surface area is 116 Å². The molecule has 0 atom stereocenters. The molecule has 17 heavy (non-hydrogen) atoms. The summed E-state index contributed by atoms with van der Waals surface area (Å²) in [5.41, 5.74) is 0. The smallest absolute Gasteiger partial charge is 0.240 e. The van der Waals surface area contributed by atoms with Crippen molar-refractivity contribution >= 4 is 46.4 Å². The molecule has 1 N–H and O–H groups in total. The standard InChI is InChI=1S/C10H14ClN3OS.ClH/c11-8-6-12-10(16-8)13-9(15)7-14-4-2-1-3-5-14;/h6H,1-5,7H2,(H,12,13,15);1H.